The average Bonchev–Trinajstić information content (AvgIpc) is 2.61. The first-order valence-electron chi connectivity index (χ1n) is 3.49. The van der Waals surface area contributed by atoms with Crippen molar-refractivity contribution in [2.24, 2.45) is 0 Å². The third-order valence-electron chi connectivity index (χ3n) is 1.78. The van der Waals surface area contributed by atoms with Gasteiger partial charge in [0.2, 0.25) is 0 Å². The fourth-order valence-corrected chi connectivity index (χ4v) is 2.19. The summed E-state index contributed by atoms with van der Waals surface area (Å²) in [6.45, 7) is 0.852. The molecule has 1 fully saturated rings. The maximum absolute atomic E-state index is 10.5. The summed E-state index contributed by atoms with van der Waals surface area (Å²) in [6, 6.07) is 0. The molecule has 1 spiro atoms. The molecule has 12 heavy (non-hydrogen) atoms. The van der Waals surface area contributed by atoms with Crippen LogP contribution < -0.4 is 0 Å². The summed E-state index contributed by atoms with van der Waals surface area (Å²) in [5.41, 5.74) is 0. The smallest absolute Gasteiger partial charge is 0.319 e. The van der Waals surface area contributed by atoms with Crippen LogP contribution in [-0.4, -0.2) is 29.3 Å². The molecule has 0 aromatic heterocycles. The molecule has 0 aliphatic carbocycles. The Hall–Kier alpha value is -0.590. The van der Waals surface area contributed by atoms with E-state index < -0.39 is 11.2 Å². The van der Waals surface area contributed by atoms with E-state index in [1.165, 1.54) is 0 Å². The molecule has 0 aromatic rings. The Labute approximate surface area is 72.9 Å². The molecule has 1 unspecified atom stereocenters. The van der Waals surface area contributed by atoms with Crippen LogP contribution >= 0.6 is 11.8 Å². The first-order valence-corrected chi connectivity index (χ1v) is 4.43. The molecule has 0 saturated carbocycles. The van der Waals surface area contributed by atoms with Crippen molar-refractivity contribution in [1.82, 2.24) is 0 Å². The van der Waals surface area contributed by atoms with E-state index in [0.717, 1.165) is 11.8 Å². The summed E-state index contributed by atoms with van der Waals surface area (Å²) in [5.74, 6) is -1.09. The first-order chi connectivity index (χ1) is 5.75. The first kappa shape index (κ1) is 8.03. The lowest BCUT2D eigenvalue weighted by Gasteiger charge is -2.20. The van der Waals surface area contributed by atoms with Crippen molar-refractivity contribution in [1.29, 1.82) is 0 Å². The minimum absolute atomic E-state index is 0.379. The molecule has 0 radical (unpaired) electrons. The largest absolute Gasteiger partial charge is 0.338 e. The van der Waals surface area contributed by atoms with Crippen LogP contribution in [0.25, 0.3) is 0 Å². The summed E-state index contributed by atoms with van der Waals surface area (Å²) >= 11 is 1.12. The van der Waals surface area contributed by atoms with Crippen LogP contribution in [0.5, 0.6) is 0 Å². The van der Waals surface area contributed by atoms with Crippen LogP contribution in [-0.2, 0) is 9.47 Å². The number of thioether (sulfide) groups is 1. The van der Waals surface area contributed by atoms with Crippen molar-refractivity contribution < 1.29 is 14.4 Å². The lowest BCUT2D eigenvalue weighted by Crippen LogP contribution is -2.41. The van der Waals surface area contributed by atoms with Crippen LogP contribution in [0.2, 0.25) is 0 Å². The van der Waals surface area contributed by atoms with Crippen molar-refractivity contribution in [2.45, 2.75) is 11.2 Å². The summed E-state index contributed by atoms with van der Waals surface area (Å²) in [4.78, 5) is 10.2. The van der Waals surface area contributed by atoms with Gasteiger partial charge in [0, 0.05) is 4.92 Å². The molecule has 2 rings (SSSR count). The maximum Gasteiger partial charge on any atom is 0.319 e. The maximum atomic E-state index is 10.5. The summed E-state index contributed by atoms with van der Waals surface area (Å²) in [6.07, 6.45) is 1.61. The Morgan fingerprint density at radius 2 is 2.25 bits per heavy atom. The highest BCUT2D eigenvalue weighted by Gasteiger charge is 2.53. The van der Waals surface area contributed by atoms with Crippen molar-refractivity contribution >= 4 is 11.8 Å². The summed E-state index contributed by atoms with van der Waals surface area (Å²) in [5, 5.41) is 11.4. The van der Waals surface area contributed by atoms with Gasteiger partial charge in [0.1, 0.15) is 0 Å². The number of hydrogen-bond donors (Lipinski definition) is 0. The van der Waals surface area contributed by atoms with Crippen molar-refractivity contribution in [2.75, 3.05) is 13.2 Å². The highest BCUT2D eigenvalue weighted by Crippen LogP contribution is 2.39. The molecule has 0 bridgehead atoms. The standard InChI is InChI=1S/C6H7NO4S/c8-7(9)5-6(1-4-12-5)10-2-3-11-6/h1,4-5H,2-3H2. The lowest BCUT2D eigenvalue weighted by molar-refractivity contribution is -0.526. The molecule has 5 nitrogen and oxygen atoms in total. The van der Waals surface area contributed by atoms with Crippen molar-refractivity contribution in [3.63, 3.8) is 0 Å². The van der Waals surface area contributed by atoms with Crippen molar-refractivity contribution in [3.8, 4) is 0 Å². The molecule has 1 atom stereocenters. The van der Waals surface area contributed by atoms with Gasteiger partial charge >= 0.3 is 5.37 Å². The Balaban J connectivity index is 2.22. The highest BCUT2D eigenvalue weighted by atomic mass is 32.2. The Bertz CT molecular complexity index is 236. The SMILES string of the molecule is O=[N+]([O-])C1SC=CC12OCCO2. The van der Waals surface area contributed by atoms with Crippen LogP contribution in [0.1, 0.15) is 0 Å². The van der Waals surface area contributed by atoms with E-state index in [2.05, 4.69) is 0 Å². The number of rotatable bonds is 1. The average molecular weight is 189 g/mol. The van der Waals surface area contributed by atoms with Gasteiger partial charge in [-0.3, -0.25) is 10.1 Å². The molecule has 66 valence electrons. The predicted octanol–water partition coefficient (Wildman–Crippen LogP) is 0.593. The second-order valence-corrected chi connectivity index (χ2v) is 3.49. The van der Waals surface area contributed by atoms with E-state index in [0.29, 0.717) is 13.2 Å². The number of nitrogens with zero attached hydrogens (tertiary/aromatic N) is 1. The van der Waals surface area contributed by atoms with Gasteiger partial charge in [0.25, 0.3) is 5.79 Å². The van der Waals surface area contributed by atoms with Crippen LogP contribution in [0.4, 0.5) is 0 Å². The van der Waals surface area contributed by atoms with Crippen molar-refractivity contribution in [3.05, 3.63) is 21.6 Å². The fourth-order valence-electron chi connectivity index (χ4n) is 1.27. The van der Waals surface area contributed by atoms with Gasteiger partial charge in [0.05, 0.1) is 13.2 Å². The van der Waals surface area contributed by atoms with E-state index >= 15 is 0 Å². The minimum atomic E-state index is -1.09. The zero-order chi connectivity index (χ0) is 8.60. The quantitative estimate of drug-likeness (QED) is 0.446. The second kappa shape index (κ2) is 2.72. The Morgan fingerprint density at radius 1 is 1.58 bits per heavy atom. The number of ether oxygens (including phenoxy) is 2. The topological polar surface area (TPSA) is 61.6 Å². The number of hydrogen-bond acceptors (Lipinski definition) is 5. The van der Waals surface area contributed by atoms with E-state index in [4.69, 9.17) is 9.47 Å². The third-order valence-corrected chi connectivity index (χ3v) is 2.83. The Kier molecular flexibility index (Phi) is 1.82. The van der Waals surface area contributed by atoms with E-state index in [1.807, 2.05) is 0 Å². The monoisotopic (exact) mass is 189 g/mol. The fraction of sp³-hybridized carbons (Fsp3) is 0.667. The highest BCUT2D eigenvalue weighted by molar-refractivity contribution is 8.02. The molecule has 0 aromatic carbocycles. The molecule has 2 heterocycles. The van der Waals surface area contributed by atoms with E-state index in [1.54, 1.807) is 11.5 Å². The number of nitro groups is 1. The molecule has 0 amide bonds. The molecular weight excluding hydrogens is 182 g/mol. The van der Waals surface area contributed by atoms with Crippen LogP contribution in [0, 0.1) is 10.1 Å². The molecule has 2 aliphatic rings. The molecule has 6 heteroatoms. The van der Waals surface area contributed by atoms with Crippen LogP contribution in [0.3, 0.4) is 0 Å². The van der Waals surface area contributed by atoms with Crippen LogP contribution in [0.15, 0.2) is 11.5 Å². The molecular formula is C6H7NO4S. The summed E-state index contributed by atoms with van der Waals surface area (Å²) in [7, 11) is 0. The lowest BCUT2D eigenvalue weighted by atomic mass is 10.3. The van der Waals surface area contributed by atoms with Gasteiger partial charge < -0.3 is 9.47 Å². The van der Waals surface area contributed by atoms with Gasteiger partial charge in [-0.2, -0.15) is 0 Å². The molecule has 1 saturated heterocycles. The zero-order valence-corrected chi connectivity index (χ0v) is 6.95. The predicted molar refractivity (Wildman–Crippen MR) is 42.1 cm³/mol. The van der Waals surface area contributed by atoms with E-state index in [9.17, 15) is 10.1 Å². The molecule has 2 aliphatic heterocycles. The van der Waals surface area contributed by atoms with Gasteiger partial charge in [-0.1, -0.05) is 0 Å². The zero-order valence-electron chi connectivity index (χ0n) is 6.13. The Morgan fingerprint density at radius 3 is 2.83 bits per heavy atom. The normalized spacial score (nSPS) is 31.5. The van der Waals surface area contributed by atoms with E-state index in [-0.39, 0.29) is 4.92 Å². The molecule has 0 N–H and O–H groups in total. The summed E-state index contributed by atoms with van der Waals surface area (Å²) < 4.78 is 10.4. The second-order valence-electron chi connectivity index (χ2n) is 2.49. The third kappa shape index (κ3) is 1.03. The minimum Gasteiger partial charge on any atom is -0.338 e. The van der Waals surface area contributed by atoms with Gasteiger partial charge in [-0.05, 0) is 23.2 Å². The van der Waals surface area contributed by atoms with Gasteiger partial charge in [-0.15, -0.1) is 0 Å². The van der Waals surface area contributed by atoms with Gasteiger partial charge in [0.15, 0.2) is 0 Å². The van der Waals surface area contributed by atoms with Gasteiger partial charge in [-0.25, -0.2) is 0 Å².